The van der Waals surface area contributed by atoms with Crippen LogP contribution in [0.3, 0.4) is 0 Å². The van der Waals surface area contributed by atoms with Gasteiger partial charge < -0.3 is 10.0 Å². The summed E-state index contributed by atoms with van der Waals surface area (Å²) in [6, 6.07) is 4.30. The fourth-order valence-electron chi connectivity index (χ4n) is 2.54. The zero-order valence-electron chi connectivity index (χ0n) is 16.3. The van der Waals surface area contributed by atoms with Crippen molar-refractivity contribution < 1.29 is 62.2 Å². The van der Waals surface area contributed by atoms with E-state index in [1.807, 2.05) is 0 Å². The minimum Gasteiger partial charge on any atom is -0.388 e. The van der Waals surface area contributed by atoms with E-state index in [1.165, 1.54) is 25.1 Å². The van der Waals surface area contributed by atoms with Crippen LogP contribution in [0.15, 0.2) is 24.3 Å². The van der Waals surface area contributed by atoms with Crippen molar-refractivity contribution in [1.82, 2.24) is 0 Å². The van der Waals surface area contributed by atoms with E-state index in [0.717, 1.165) is 18.2 Å². The highest BCUT2D eigenvalue weighted by atomic mass is 19.4. The number of aliphatic hydroxyl groups is 1. The van der Waals surface area contributed by atoms with Crippen molar-refractivity contribution in [2.24, 2.45) is 5.92 Å². The summed E-state index contributed by atoms with van der Waals surface area (Å²) in [7, 11) is 2.86. The number of halogens is 13. The third-order valence-corrected chi connectivity index (χ3v) is 4.73. The highest BCUT2D eigenvalue weighted by molar-refractivity contribution is 5.47. The van der Waals surface area contributed by atoms with Crippen LogP contribution < -0.4 is 4.90 Å². The molecule has 0 spiro atoms. The zero-order valence-corrected chi connectivity index (χ0v) is 16.3. The van der Waals surface area contributed by atoms with Gasteiger partial charge in [0.25, 0.3) is 0 Å². The van der Waals surface area contributed by atoms with E-state index in [2.05, 4.69) is 0 Å². The zero-order chi connectivity index (χ0) is 25.7. The Morgan fingerprint density at radius 1 is 0.719 bits per heavy atom. The lowest BCUT2D eigenvalue weighted by molar-refractivity contribution is -0.444. The van der Waals surface area contributed by atoms with Crippen LogP contribution in [0.1, 0.15) is 18.6 Å². The number of aliphatic hydroxyl groups excluding tert-OH is 1. The lowest BCUT2D eigenvalue weighted by atomic mass is 9.83. The molecule has 0 aromatic heterocycles. The quantitative estimate of drug-likeness (QED) is 0.435. The van der Waals surface area contributed by atoms with Crippen LogP contribution >= 0.6 is 0 Å². The van der Waals surface area contributed by atoms with Crippen molar-refractivity contribution >= 4 is 5.69 Å². The predicted octanol–water partition coefficient (Wildman–Crippen LogP) is 6.16. The van der Waals surface area contributed by atoms with Crippen molar-refractivity contribution in [2.45, 2.75) is 48.8 Å². The summed E-state index contributed by atoms with van der Waals surface area (Å²) in [6.45, 7) is 0.0109. The Morgan fingerprint density at radius 2 is 1.16 bits per heavy atom. The Labute approximate surface area is 172 Å². The van der Waals surface area contributed by atoms with Gasteiger partial charge >= 0.3 is 35.8 Å². The highest BCUT2D eigenvalue weighted by Crippen LogP contribution is 2.61. The van der Waals surface area contributed by atoms with E-state index >= 15 is 0 Å². The van der Waals surface area contributed by atoms with Gasteiger partial charge in [0.1, 0.15) is 0 Å². The summed E-state index contributed by atoms with van der Waals surface area (Å²) in [6.07, 6.45) is -10.2. The van der Waals surface area contributed by atoms with Crippen molar-refractivity contribution in [2.75, 3.05) is 19.0 Å². The maximum absolute atomic E-state index is 14.2. The number of rotatable bonds is 8. The SMILES string of the molecule is CC(C(O)c1cccc(N(C)C)c1)C(F)(F)C(F)(F)C(F)(F)C(F)(F)C(F)(F)C(F)(F)F. The van der Waals surface area contributed by atoms with Crippen LogP contribution in [0.25, 0.3) is 0 Å². The van der Waals surface area contributed by atoms with Gasteiger partial charge in [0.15, 0.2) is 0 Å². The molecule has 32 heavy (non-hydrogen) atoms. The summed E-state index contributed by atoms with van der Waals surface area (Å²) in [5.74, 6) is -40.8. The molecule has 0 radical (unpaired) electrons. The topological polar surface area (TPSA) is 23.5 Å². The third-order valence-electron chi connectivity index (χ3n) is 4.73. The van der Waals surface area contributed by atoms with Crippen molar-refractivity contribution in [1.29, 1.82) is 0 Å². The van der Waals surface area contributed by atoms with Gasteiger partial charge in [-0.05, 0) is 17.7 Å². The van der Waals surface area contributed by atoms with Crippen molar-refractivity contribution in [3.05, 3.63) is 29.8 Å². The molecule has 1 N–H and O–H groups in total. The number of alkyl halides is 13. The average molecular weight is 497 g/mol. The molecule has 1 aromatic carbocycles. The van der Waals surface area contributed by atoms with Gasteiger partial charge in [-0.1, -0.05) is 19.1 Å². The minimum atomic E-state index is -7.97. The van der Waals surface area contributed by atoms with E-state index in [-0.39, 0.29) is 12.6 Å². The van der Waals surface area contributed by atoms with Crippen LogP contribution in [0.4, 0.5) is 62.8 Å². The first-order chi connectivity index (χ1) is 14.0. The molecule has 0 saturated heterocycles. The molecule has 1 rings (SSSR count). The van der Waals surface area contributed by atoms with E-state index in [9.17, 15) is 62.2 Å². The predicted molar refractivity (Wildman–Crippen MR) is 85.7 cm³/mol. The fraction of sp³-hybridized carbons (Fsp3) is 0.647. The molecular formula is C17H16F13NO. The van der Waals surface area contributed by atoms with Gasteiger partial charge in [-0.15, -0.1) is 0 Å². The molecule has 15 heteroatoms. The maximum Gasteiger partial charge on any atom is 0.460 e. The molecule has 2 unspecified atom stereocenters. The van der Waals surface area contributed by atoms with Crippen molar-refractivity contribution in [3.63, 3.8) is 0 Å². The molecule has 186 valence electrons. The van der Waals surface area contributed by atoms with E-state index < -0.39 is 53.4 Å². The van der Waals surface area contributed by atoms with Gasteiger partial charge in [-0.25, -0.2) is 0 Å². The minimum absolute atomic E-state index is 0.0109. The largest absolute Gasteiger partial charge is 0.460 e. The average Bonchev–Trinajstić information content (AvgIpc) is 2.65. The number of hydrogen-bond acceptors (Lipinski definition) is 2. The Bertz CT molecular complexity index is 804. The summed E-state index contributed by atoms with van der Waals surface area (Å²) in [4.78, 5) is 1.35. The normalized spacial score (nSPS) is 16.7. The molecule has 1 aromatic rings. The second kappa shape index (κ2) is 8.13. The molecule has 0 aliphatic heterocycles. The number of anilines is 1. The van der Waals surface area contributed by atoms with Crippen LogP contribution in [0, 0.1) is 5.92 Å². The van der Waals surface area contributed by atoms with Crippen LogP contribution in [-0.4, -0.2) is 55.0 Å². The molecular weight excluding hydrogens is 481 g/mol. The molecule has 0 heterocycles. The Morgan fingerprint density at radius 3 is 1.56 bits per heavy atom. The molecule has 0 aliphatic rings. The highest BCUT2D eigenvalue weighted by Gasteiger charge is 2.91. The van der Waals surface area contributed by atoms with Crippen LogP contribution in [0.2, 0.25) is 0 Å². The molecule has 0 bridgehead atoms. The van der Waals surface area contributed by atoms with Gasteiger partial charge in [0, 0.05) is 19.8 Å². The second-order valence-corrected chi connectivity index (χ2v) is 7.14. The van der Waals surface area contributed by atoms with Gasteiger partial charge in [0.05, 0.1) is 12.0 Å². The van der Waals surface area contributed by atoms with Gasteiger partial charge in [-0.2, -0.15) is 57.1 Å². The monoisotopic (exact) mass is 497 g/mol. The van der Waals surface area contributed by atoms with E-state index in [4.69, 9.17) is 0 Å². The smallest absolute Gasteiger partial charge is 0.388 e. The molecule has 0 fully saturated rings. The maximum atomic E-state index is 14.2. The van der Waals surface area contributed by atoms with Crippen LogP contribution in [0.5, 0.6) is 0 Å². The van der Waals surface area contributed by atoms with E-state index in [0.29, 0.717) is 0 Å². The molecule has 0 aliphatic carbocycles. The summed E-state index contributed by atoms with van der Waals surface area (Å²) in [5, 5.41) is 9.96. The first-order valence-corrected chi connectivity index (χ1v) is 8.39. The second-order valence-electron chi connectivity index (χ2n) is 7.14. The number of benzene rings is 1. The number of nitrogens with zero attached hydrogens (tertiary/aromatic N) is 1. The Kier molecular flexibility index (Phi) is 7.14. The van der Waals surface area contributed by atoms with Crippen molar-refractivity contribution in [3.8, 4) is 0 Å². The third kappa shape index (κ3) is 4.07. The summed E-state index contributed by atoms with van der Waals surface area (Å²) < 4.78 is 172. The lowest BCUT2D eigenvalue weighted by Crippen LogP contribution is -2.71. The Hall–Kier alpha value is -1.93. The summed E-state index contributed by atoms with van der Waals surface area (Å²) >= 11 is 0. The van der Waals surface area contributed by atoms with Gasteiger partial charge in [-0.3, -0.25) is 0 Å². The molecule has 2 nitrogen and oxygen atoms in total. The molecule has 0 amide bonds. The first-order valence-electron chi connectivity index (χ1n) is 8.39. The van der Waals surface area contributed by atoms with E-state index in [1.54, 1.807) is 0 Å². The standard InChI is InChI=1S/C17H16F13NO/c1-8(11(32)9-5-4-6-10(7-9)31(2)3)12(18,19)13(20,21)14(22,23)15(24,25)16(26,27)17(28,29)30/h4-8,11,32H,1-3H3. The molecule has 0 saturated carbocycles. The first kappa shape index (κ1) is 28.1. The van der Waals surface area contributed by atoms with Crippen LogP contribution in [-0.2, 0) is 0 Å². The lowest BCUT2D eigenvalue weighted by Gasteiger charge is -2.42. The van der Waals surface area contributed by atoms with Gasteiger partial charge in [0.2, 0.25) is 0 Å². The molecule has 2 atom stereocenters. The summed E-state index contributed by atoms with van der Waals surface area (Å²) in [5.41, 5.74) is -0.375. The Balaban J connectivity index is 3.48. The fourth-order valence-corrected chi connectivity index (χ4v) is 2.54. The number of hydrogen-bond donors (Lipinski definition) is 1.